The Morgan fingerprint density at radius 3 is 2.46 bits per heavy atom. The second kappa shape index (κ2) is 8.23. The largest absolute Gasteiger partial charge is 0.508 e. The molecule has 1 aliphatic rings. The monoisotopic (exact) mass is 354 g/mol. The van der Waals surface area contributed by atoms with E-state index in [4.69, 9.17) is 0 Å². The van der Waals surface area contributed by atoms with E-state index >= 15 is 0 Å². The van der Waals surface area contributed by atoms with E-state index in [2.05, 4.69) is 5.32 Å². The predicted molar refractivity (Wildman–Crippen MR) is 102 cm³/mol. The molecule has 0 unspecified atom stereocenters. The highest BCUT2D eigenvalue weighted by atomic mass is 16.3. The predicted octanol–water partition coefficient (Wildman–Crippen LogP) is 4.04. The van der Waals surface area contributed by atoms with Gasteiger partial charge in [-0.05, 0) is 62.4 Å². The molecule has 0 atom stereocenters. The second-order valence-electron chi connectivity index (χ2n) is 7.06. The highest BCUT2D eigenvalue weighted by Crippen LogP contribution is 2.26. The highest BCUT2D eigenvalue weighted by molar-refractivity contribution is 5.89. The average Bonchev–Trinajstić information content (AvgIpc) is 2.62. The number of benzene rings is 2. The number of anilines is 1. The molecule has 0 spiro atoms. The lowest BCUT2D eigenvalue weighted by molar-refractivity contribution is 0.0849. The van der Waals surface area contributed by atoms with Crippen LogP contribution in [0.5, 0.6) is 5.75 Å². The molecular weight excluding hydrogens is 328 g/mol. The normalized spacial score (nSPS) is 19.8. The van der Waals surface area contributed by atoms with E-state index in [1.165, 1.54) is 0 Å². The van der Waals surface area contributed by atoms with E-state index in [0.29, 0.717) is 19.4 Å². The van der Waals surface area contributed by atoms with E-state index in [0.717, 1.165) is 29.7 Å². The summed E-state index contributed by atoms with van der Waals surface area (Å²) in [7, 11) is 0. The van der Waals surface area contributed by atoms with Crippen molar-refractivity contribution in [1.82, 2.24) is 4.90 Å². The standard InChI is InChI=1S/C21H26N2O3/c1-15-5-7-17(8-6-15)22-21(26)23(18-9-11-19(24)12-10-18)14-16-3-2-4-20(25)13-16/h2-8,13,18-19,24-25H,9-12,14H2,1H3,(H,22,26). The number of hydrogen-bond acceptors (Lipinski definition) is 3. The Kier molecular flexibility index (Phi) is 5.78. The Labute approximate surface area is 154 Å². The van der Waals surface area contributed by atoms with Gasteiger partial charge in [-0.2, -0.15) is 0 Å². The Balaban J connectivity index is 1.77. The van der Waals surface area contributed by atoms with Crippen LogP contribution in [0.3, 0.4) is 0 Å². The number of amides is 2. The number of carbonyl (C=O) groups excluding carboxylic acids is 1. The van der Waals surface area contributed by atoms with Gasteiger partial charge in [0.2, 0.25) is 0 Å². The summed E-state index contributed by atoms with van der Waals surface area (Å²) in [6.07, 6.45) is 2.70. The SMILES string of the molecule is Cc1ccc(NC(=O)N(Cc2cccc(O)c2)C2CCC(O)CC2)cc1. The molecule has 3 rings (SSSR count). The third-order valence-electron chi connectivity index (χ3n) is 4.93. The van der Waals surface area contributed by atoms with Gasteiger partial charge >= 0.3 is 6.03 Å². The molecule has 0 aliphatic heterocycles. The first kappa shape index (κ1) is 18.3. The quantitative estimate of drug-likeness (QED) is 0.776. The fourth-order valence-corrected chi connectivity index (χ4v) is 3.42. The maximum absolute atomic E-state index is 13.0. The number of phenolic OH excluding ortho intramolecular Hbond substituents is 1. The number of aliphatic hydroxyl groups excluding tert-OH is 1. The molecule has 0 saturated heterocycles. The maximum atomic E-state index is 13.0. The number of aryl methyl sites for hydroxylation is 1. The summed E-state index contributed by atoms with van der Waals surface area (Å²) in [5.41, 5.74) is 2.79. The maximum Gasteiger partial charge on any atom is 0.322 e. The fourth-order valence-electron chi connectivity index (χ4n) is 3.42. The van der Waals surface area contributed by atoms with Crippen LogP contribution < -0.4 is 5.32 Å². The Morgan fingerprint density at radius 2 is 1.81 bits per heavy atom. The van der Waals surface area contributed by atoms with Gasteiger partial charge in [0, 0.05) is 18.3 Å². The number of nitrogens with one attached hydrogen (secondary N) is 1. The van der Waals surface area contributed by atoms with Gasteiger partial charge in [0.1, 0.15) is 5.75 Å². The molecule has 0 aromatic heterocycles. The van der Waals surface area contributed by atoms with E-state index in [-0.39, 0.29) is 23.9 Å². The number of nitrogens with zero attached hydrogens (tertiary/aromatic N) is 1. The molecule has 26 heavy (non-hydrogen) atoms. The summed E-state index contributed by atoms with van der Waals surface area (Å²) in [6, 6.07) is 14.6. The van der Waals surface area contributed by atoms with Gasteiger partial charge in [0.05, 0.1) is 6.10 Å². The molecular formula is C21H26N2O3. The molecule has 138 valence electrons. The zero-order chi connectivity index (χ0) is 18.5. The zero-order valence-corrected chi connectivity index (χ0v) is 15.1. The Bertz CT molecular complexity index is 737. The van der Waals surface area contributed by atoms with Crippen molar-refractivity contribution in [2.45, 2.75) is 51.3 Å². The van der Waals surface area contributed by atoms with Crippen molar-refractivity contribution in [3.05, 3.63) is 59.7 Å². The molecule has 1 saturated carbocycles. The molecule has 0 heterocycles. The molecule has 2 amide bonds. The number of hydrogen-bond donors (Lipinski definition) is 3. The van der Waals surface area contributed by atoms with Crippen LogP contribution in [0, 0.1) is 6.92 Å². The van der Waals surface area contributed by atoms with Crippen LogP contribution in [0.25, 0.3) is 0 Å². The van der Waals surface area contributed by atoms with Gasteiger partial charge in [0.25, 0.3) is 0 Å². The summed E-state index contributed by atoms with van der Waals surface area (Å²) in [5.74, 6) is 0.195. The number of aliphatic hydroxyl groups is 1. The molecule has 5 heteroatoms. The smallest absolute Gasteiger partial charge is 0.322 e. The number of rotatable bonds is 4. The fraction of sp³-hybridized carbons (Fsp3) is 0.381. The van der Waals surface area contributed by atoms with Crippen LogP contribution >= 0.6 is 0 Å². The molecule has 0 bridgehead atoms. The van der Waals surface area contributed by atoms with Crippen molar-refractivity contribution in [3.63, 3.8) is 0 Å². The lowest BCUT2D eigenvalue weighted by Gasteiger charge is -2.36. The van der Waals surface area contributed by atoms with Gasteiger partial charge < -0.3 is 20.4 Å². The first-order chi connectivity index (χ1) is 12.5. The van der Waals surface area contributed by atoms with Gasteiger partial charge in [-0.25, -0.2) is 4.79 Å². The van der Waals surface area contributed by atoms with Crippen LogP contribution in [-0.4, -0.2) is 33.3 Å². The van der Waals surface area contributed by atoms with Crippen molar-refractivity contribution in [2.24, 2.45) is 0 Å². The molecule has 3 N–H and O–H groups in total. The number of urea groups is 1. The molecule has 2 aromatic carbocycles. The zero-order valence-electron chi connectivity index (χ0n) is 15.1. The first-order valence-electron chi connectivity index (χ1n) is 9.11. The minimum Gasteiger partial charge on any atom is -0.508 e. The van der Waals surface area contributed by atoms with Crippen molar-refractivity contribution in [1.29, 1.82) is 0 Å². The van der Waals surface area contributed by atoms with Gasteiger partial charge in [0.15, 0.2) is 0 Å². The first-order valence-corrected chi connectivity index (χ1v) is 9.11. The van der Waals surface area contributed by atoms with Gasteiger partial charge in [-0.1, -0.05) is 29.8 Å². The Hall–Kier alpha value is -2.53. The van der Waals surface area contributed by atoms with Crippen molar-refractivity contribution >= 4 is 11.7 Å². The van der Waals surface area contributed by atoms with Crippen molar-refractivity contribution < 1.29 is 15.0 Å². The summed E-state index contributed by atoms with van der Waals surface area (Å²) in [4.78, 5) is 14.8. The number of phenols is 1. The van der Waals surface area contributed by atoms with Crippen LogP contribution in [0.1, 0.15) is 36.8 Å². The summed E-state index contributed by atoms with van der Waals surface area (Å²) in [5, 5.41) is 22.5. The van der Waals surface area contributed by atoms with Gasteiger partial charge in [-0.15, -0.1) is 0 Å². The highest BCUT2D eigenvalue weighted by Gasteiger charge is 2.28. The summed E-state index contributed by atoms with van der Waals surface area (Å²) >= 11 is 0. The van der Waals surface area contributed by atoms with Crippen LogP contribution in [0.15, 0.2) is 48.5 Å². The van der Waals surface area contributed by atoms with Crippen LogP contribution in [0.4, 0.5) is 10.5 Å². The summed E-state index contributed by atoms with van der Waals surface area (Å²) < 4.78 is 0. The lowest BCUT2D eigenvalue weighted by atomic mass is 9.92. The minimum atomic E-state index is -0.269. The molecule has 5 nitrogen and oxygen atoms in total. The average molecular weight is 354 g/mol. The summed E-state index contributed by atoms with van der Waals surface area (Å²) in [6.45, 7) is 2.43. The van der Waals surface area contributed by atoms with Crippen LogP contribution in [-0.2, 0) is 6.54 Å². The van der Waals surface area contributed by atoms with E-state index < -0.39 is 0 Å². The molecule has 1 fully saturated rings. The number of aromatic hydroxyl groups is 1. The molecule has 1 aliphatic carbocycles. The van der Waals surface area contributed by atoms with Crippen LogP contribution in [0.2, 0.25) is 0 Å². The third-order valence-corrected chi connectivity index (χ3v) is 4.93. The van der Waals surface area contributed by atoms with Crippen molar-refractivity contribution in [2.75, 3.05) is 5.32 Å². The Morgan fingerprint density at radius 1 is 1.12 bits per heavy atom. The molecule has 2 aromatic rings. The lowest BCUT2D eigenvalue weighted by Crippen LogP contribution is -2.44. The molecule has 0 radical (unpaired) electrons. The second-order valence-corrected chi connectivity index (χ2v) is 7.06. The minimum absolute atomic E-state index is 0.0752. The topological polar surface area (TPSA) is 72.8 Å². The van der Waals surface area contributed by atoms with E-state index in [1.807, 2.05) is 42.2 Å². The number of carbonyl (C=O) groups is 1. The van der Waals surface area contributed by atoms with Crippen molar-refractivity contribution in [3.8, 4) is 5.75 Å². The van der Waals surface area contributed by atoms with E-state index in [1.54, 1.807) is 18.2 Å². The van der Waals surface area contributed by atoms with Gasteiger partial charge in [-0.3, -0.25) is 0 Å². The third kappa shape index (κ3) is 4.76. The van der Waals surface area contributed by atoms with E-state index in [9.17, 15) is 15.0 Å².